The molecule has 2 aromatic rings. The normalized spacial score (nSPS) is 18.1. The number of carboxylic acids is 1. The number of rotatable bonds is 14. The van der Waals surface area contributed by atoms with E-state index in [0.29, 0.717) is 25.0 Å². The van der Waals surface area contributed by atoms with Gasteiger partial charge in [0, 0.05) is 19.2 Å². The Morgan fingerprint density at radius 1 is 1.07 bits per heavy atom. The average Bonchev–Trinajstić information content (AvgIpc) is 3.68. The van der Waals surface area contributed by atoms with Crippen molar-refractivity contribution in [1.29, 1.82) is 0 Å². The van der Waals surface area contributed by atoms with Crippen molar-refractivity contribution >= 4 is 29.6 Å². The summed E-state index contributed by atoms with van der Waals surface area (Å²) in [7, 11) is 0. The maximum absolute atomic E-state index is 13.8. The van der Waals surface area contributed by atoms with Crippen LogP contribution < -0.4 is 21.7 Å². The number of hydrogen-bond donors (Lipinski definition) is 7. The number of aliphatic carboxylic acids is 1. The highest BCUT2D eigenvalue weighted by Crippen LogP contribution is 2.20. The SMILES string of the molecule is CCC(C)[C@H](NC(=O)C(N)Cc1ccc(O)cc1)C(=O)N[C@@H](Cc1c[nH]cn1)C(=O)N1CCC[C@H]1C(=O)N[C@@H](C)C(=O)O. The molecule has 4 amide bonds. The molecule has 6 atom stereocenters. The summed E-state index contributed by atoms with van der Waals surface area (Å²) in [4.78, 5) is 73.0. The third-order valence-electron chi connectivity index (χ3n) is 7.67. The van der Waals surface area contributed by atoms with E-state index in [1.807, 2.05) is 6.92 Å². The minimum absolute atomic E-state index is 0.0198. The fraction of sp³-hybridized carbons (Fsp3) is 0.517. The fourth-order valence-corrected chi connectivity index (χ4v) is 4.89. The van der Waals surface area contributed by atoms with E-state index in [0.717, 1.165) is 5.56 Å². The maximum atomic E-state index is 13.8. The number of imidazole rings is 1. The number of carboxylic acid groups (broad SMARTS) is 1. The third kappa shape index (κ3) is 9.01. The highest BCUT2D eigenvalue weighted by atomic mass is 16.4. The molecule has 0 saturated carbocycles. The molecule has 8 N–H and O–H groups in total. The first-order valence-corrected chi connectivity index (χ1v) is 14.4. The van der Waals surface area contributed by atoms with Crippen molar-refractivity contribution in [3.63, 3.8) is 0 Å². The van der Waals surface area contributed by atoms with Crippen molar-refractivity contribution in [2.24, 2.45) is 11.7 Å². The van der Waals surface area contributed by atoms with E-state index in [-0.39, 0.29) is 31.1 Å². The van der Waals surface area contributed by atoms with Crippen molar-refractivity contribution < 1.29 is 34.2 Å². The van der Waals surface area contributed by atoms with Crippen LogP contribution in [0, 0.1) is 5.92 Å². The standard InChI is InChI=1S/C29H41N7O7/c1-4-16(2)24(35-25(38)21(30)12-18-7-9-20(37)10-8-18)27(40)34-22(13-19-14-31-15-32-19)28(41)36-11-5-6-23(36)26(39)33-17(3)29(42)43/h7-10,14-17,21-24,37H,4-6,11-13,30H2,1-3H3,(H,31,32)(H,33,39)(H,34,40)(H,35,38)(H,42,43)/t16?,17-,21?,22-,23-,24-/m0/s1. The van der Waals surface area contributed by atoms with E-state index < -0.39 is 59.8 Å². The van der Waals surface area contributed by atoms with Gasteiger partial charge >= 0.3 is 5.97 Å². The molecule has 14 heteroatoms. The minimum Gasteiger partial charge on any atom is -0.508 e. The molecule has 43 heavy (non-hydrogen) atoms. The summed E-state index contributed by atoms with van der Waals surface area (Å²) < 4.78 is 0. The van der Waals surface area contributed by atoms with Gasteiger partial charge in [-0.05, 0) is 49.8 Å². The number of hydrogen-bond acceptors (Lipinski definition) is 8. The monoisotopic (exact) mass is 599 g/mol. The molecule has 234 valence electrons. The molecule has 1 aliphatic rings. The number of carbonyl (C=O) groups excluding carboxylic acids is 4. The maximum Gasteiger partial charge on any atom is 0.325 e. The van der Waals surface area contributed by atoms with E-state index in [1.165, 1.54) is 30.3 Å². The van der Waals surface area contributed by atoms with Crippen LogP contribution in [-0.2, 0) is 36.8 Å². The van der Waals surface area contributed by atoms with Crippen LogP contribution in [0.2, 0.25) is 0 Å². The highest BCUT2D eigenvalue weighted by molar-refractivity contribution is 5.96. The van der Waals surface area contributed by atoms with Crippen LogP contribution in [-0.4, -0.2) is 91.4 Å². The molecular formula is C29H41N7O7. The van der Waals surface area contributed by atoms with Gasteiger partial charge < -0.3 is 41.8 Å². The third-order valence-corrected chi connectivity index (χ3v) is 7.67. The van der Waals surface area contributed by atoms with Gasteiger partial charge in [0.05, 0.1) is 18.1 Å². The molecule has 1 aliphatic heterocycles. The van der Waals surface area contributed by atoms with Crippen molar-refractivity contribution in [3.8, 4) is 5.75 Å². The van der Waals surface area contributed by atoms with Gasteiger partial charge in [-0.15, -0.1) is 0 Å². The molecular weight excluding hydrogens is 558 g/mol. The van der Waals surface area contributed by atoms with Crippen molar-refractivity contribution in [2.45, 2.75) is 83.1 Å². The zero-order valence-electron chi connectivity index (χ0n) is 24.6. The predicted octanol–water partition coefficient (Wildman–Crippen LogP) is -0.176. The number of aromatic nitrogens is 2. The van der Waals surface area contributed by atoms with Gasteiger partial charge in [0.25, 0.3) is 0 Å². The van der Waals surface area contributed by atoms with Gasteiger partial charge in [0.1, 0.15) is 29.9 Å². The topological polar surface area (TPSA) is 220 Å². The Labute approximate surface area is 249 Å². The molecule has 2 unspecified atom stereocenters. The molecule has 0 spiro atoms. The Bertz CT molecular complexity index is 1270. The number of H-pyrrole nitrogens is 1. The Hall–Kier alpha value is -4.46. The molecule has 2 heterocycles. The highest BCUT2D eigenvalue weighted by Gasteiger charge is 2.39. The number of amides is 4. The number of benzene rings is 1. The number of phenols is 1. The zero-order chi connectivity index (χ0) is 31.7. The fourth-order valence-electron chi connectivity index (χ4n) is 4.89. The summed E-state index contributed by atoms with van der Waals surface area (Å²) in [5.74, 6) is -3.67. The van der Waals surface area contributed by atoms with Crippen LogP contribution in [0.25, 0.3) is 0 Å². The number of nitrogens with one attached hydrogen (secondary N) is 4. The summed E-state index contributed by atoms with van der Waals surface area (Å²) in [5.41, 5.74) is 7.37. The Balaban J connectivity index is 1.77. The molecule has 0 radical (unpaired) electrons. The second kappa shape index (κ2) is 15.1. The summed E-state index contributed by atoms with van der Waals surface area (Å²) in [6.07, 6.45) is 4.64. The number of likely N-dealkylation sites (tertiary alicyclic amines) is 1. The van der Waals surface area contributed by atoms with E-state index in [2.05, 4.69) is 25.9 Å². The molecule has 1 aromatic heterocycles. The number of nitrogens with two attached hydrogens (primary N) is 1. The van der Waals surface area contributed by atoms with Crippen LogP contribution in [0.15, 0.2) is 36.8 Å². The second-order valence-electron chi connectivity index (χ2n) is 10.9. The lowest BCUT2D eigenvalue weighted by molar-refractivity contribution is -0.144. The van der Waals surface area contributed by atoms with Crippen molar-refractivity contribution in [2.75, 3.05) is 6.54 Å². The molecule has 0 bridgehead atoms. The van der Waals surface area contributed by atoms with E-state index in [1.54, 1.807) is 25.3 Å². The molecule has 1 fully saturated rings. The quantitative estimate of drug-likeness (QED) is 0.153. The molecule has 0 aliphatic carbocycles. The van der Waals surface area contributed by atoms with Gasteiger partial charge in [0.15, 0.2) is 0 Å². The summed E-state index contributed by atoms with van der Waals surface area (Å²) in [6, 6.07) is 1.17. The van der Waals surface area contributed by atoms with Gasteiger partial charge in [-0.2, -0.15) is 0 Å². The lowest BCUT2D eigenvalue weighted by Gasteiger charge is -2.31. The van der Waals surface area contributed by atoms with E-state index in [9.17, 15) is 34.2 Å². The molecule has 1 saturated heterocycles. The first-order chi connectivity index (χ1) is 20.4. The summed E-state index contributed by atoms with van der Waals surface area (Å²) in [6.45, 7) is 5.25. The van der Waals surface area contributed by atoms with Crippen LogP contribution >= 0.6 is 0 Å². The predicted molar refractivity (Wildman–Crippen MR) is 155 cm³/mol. The van der Waals surface area contributed by atoms with Crippen molar-refractivity contribution in [1.82, 2.24) is 30.8 Å². The lowest BCUT2D eigenvalue weighted by atomic mass is 9.96. The molecule has 3 rings (SSSR count). The second-order valence-corrected chi connectivity index (χ2v) is 10.9. The van der Waals surface area contributed by atoms with E-state index >= 15 is 0 Å². The lowest BCUT2D eigenvalue weighted by Crippen LogP contribution is -2.60. The average molecular weight is 600 g/mol. The largest absolute Gasteiger partial charge is 0.508 e. The van der Waals surface area contributed by atoms with Crippen LogP contribution in [0.1, 0.15) is 51.3 Å². The number of aromatic amines is 1. The summed E-state index contributed by atoms with van der Waals surface area (Å²) >= 11 is 0. The van der Waals surface area contributed by atoms with Crippen LogP contribution in [0.5, 0.6) is 5.75 Å². The smallest absolute Gasteiger partial charge is 0.325 e. The number of phenolic OH excluding ortho intramolecular Hbond substituents is 1. The first-order valence-electron chi connectivity index (χ1n) is 14.4. The van der Waals surface area contributed by atoms with Crippen molar-refractivity contribution in [3.05, 3.63) is 48.0 Å². The van der Waals surface area contributed by atoms with Gasteiger partial charge in [0.2, 0.25) is 23.6 Å². The first kappa shape index (κ1) is 33.0. The zero-order valence-corrected chi connectivity index (χ0v) is 24.6. The van der Waals surface area contributed by atoms with Crippen LogP contribution in [0.4, 0.5) is 0 Å². The minimum atomic E-state index is -1.20. The number of carbonyl (C=O) groups is 5. The van der Waals surface area contributed by atoms with Gasteiger partial charge in [-0.3, -0.25) is 24.0 Å². The summed E-state index contributed by atoms with van der Waals surface area (Å²) in [5, 5.41) is 26.6. The number of nitrogens with zero attached hydrogens (tertiary/aromatic N) is 2. The Morgan fingerprint density at radius 3 is 2.37 bits per heavy atom. The van der Waals surface area contributed by atoms with E-state index in [4.69, 9.17) is 5.73 Å². The molecule has 14 nitrogen and oxygen atoms in total. The Morgan fingerprint density at radius 2 is 1.77 bits per heavy atom. The molecule has 1 aromatic carbocycles. The van der Waals surface area contributed by atoms with Crippen LogP contribution in [0.3, 0.4) is 0 Å². The van der Waals surface area contributed by atoms with Gasteiger partial charge in [-0.25, -0.2) is 4.98 Å². The van der Waals surface area contributed by atoms with Gasteiger partial charge in [-0.1, -0.05) is 32.4 Å². The Kier molecular flexibility index (Phi) is 11.6. The number of aromatic hydroxyl groups is 1.